The van der Waals surface area contributed by atoms with Gasteiger partial charge in [0.05, 0.1) is 17.4 Å². The molecule has 3 aromatic carbocycles. The number of fused-ring (bicyclic) bond motifs is 1. The standard InChI is InChI=1S/C33H36O6/c1-21-9-13-23(14-10-21)31(34)37-26-19-17-25(18-20-26)33(36)39-30-8-4-5-27-28(30)6-3-7-29(27)38-32(35)24-15-11-22(2)12-16-24/h3-8,11-12,15-16,21,23,25-26H,9-10,13-14,17-20H2,1-2H3. The monoisotopic (exact) mass is 528 g/mol. The van der Waals surface area contributed by atoms with Crippen molar-refractivity contribution < 1.29 is 28.6 Å². The maximum atomic E-state index is 13.1. The van der Waals surface area contributed by atoms with Crippen LogP contribution in [0.3, 0.4) is 0 Å². The average Bonchev–Trinajstić information content (AvgIpc) is 2.94. The molecule has 0 saturated heterocycles. The number of carbonyl (C=O) groups is 3. The van der Waals surface area contributed by atoms with E-state index in [1.54, 1.807) is 36.4 Å². The van der Waals surface area contributed by atoms with Crippen LogP contribution in [0.15, 0.2) is 60.7 Å². The second-order valence-corrected chi connectivity index (χ2v) is 11.2. The van der Waals surface area contributed by atoms with E-state index >= 15 is 0 Å². The summed E-state index contributed by atoms with van der Waals surface area (Å²) in [5, 5.41) is 1.39. The second-order valence-electron chi connectivity index (χ2n) is 11.2. The lowest BCUT2D eigenvalue weighted by molar-refractivity contribution is -0.158. The molecule has 0 unspecified atom stereocenters. The van der Waals surface area contributed by atoms with Crippen LogP contribution in [-0.4, -0.2) is 24.0 Å². The Morgan fingerprint density at radius 1 is 0.641 bits per heavy atom. The smallest absolute Gasteiger partial charge is 0.343 e. The molecule has 2 aliphatic carbocycles. The maximum absolute atomic E-state index is 13.1. The zero-order valence-corrected chi connectivity index (χ0v) is 22.7. The van der Waals surface area contributed by atoms with E-state index in [0.29, 0.717) is 59.4 Å². The van der Waals surface area contributed by atoms with Crippen LogP contribution in [-0.2, 0) is 14.3 Å². The van der Waals surface area contributed by atoms with Gasteiger partial charge in [-0.3, -0.25) is 9.59 Å². The molecule has 0 spiro atoms. The molecule has 204 valence electrons. The van der Waals surface area contributed by atoms with Gasteiger partial charge in [-0.25, -0.2) is 4.79 Å². The highest BCUT2D eigenvalue weighted by Gasteiger charge is 2.32. The summed E-state index contributed by atoms with van der Waals surface area (Å²) in [7, 11) is 0. The van der Waals surface area contributed by atoms with E-state index in [1.165, 1.54) is 0 Å². The minimum Gasteiger partial charge on any atom is -0.462 e. The highest BCUT2D eigenvalue weighted by Crippen LogP contribution is 2.35. The van der Waals surface area contributed by atoms with Crippen molar-refractivity contribution in [3.63, 3.8) is 0 Å². The summed E-state index contributed by atoms with van der Waals surface area (Å²) in [5.41, 5.74) is 1.53. The number of esters is 3. The van der Waals surface area contributed by atoms with E-state index in [9.17, 15) is 14.4 Å². The largest absolute Gasteiger partial charge is 0.462 e. The molecule has 0 aliphatic heterocycles. The minimum absolute atomic E-state index is 0.0244. The summed E-state index contributed by atoms with van der Waals surface area (Å²) in [6.07, 6.45) is 6.48. The summed E-state index contributed by atoms with van der Waals surface area (Å²) in [6, 6.07) is 18.0. The first-order chi connectivity index (χ1) is 18.9. The van der Waals surface area contributed by atoms with Crippen LogP contribution < -0.4 is 9.47 Å². The number of ether oxygens (including phenoxy) is 3. The summed E-state index contributed by atoms with van der Waals surface area (Å²) >= 11 is 0. The third kappa shape index (κ3) is 6.49. The van der Waals surface area contributed by atoms with Crippen LogP contribution in [0.5, 0.6) is 11.5 Å². The molecule has 6 nitrogen and oxygen atoms in total. The van der Waals surface area contributed by atoms with Gasteiger partial charge in [-0.15, -0.1) is 0 Å². The topological polar surface area (TPSA) is 78.9 Å². The quantitative estimate of drug-likeness (QED) is 0.249. The minimum atomic E-state index is -0.444. The van der Waals surface area contributed by atoms with Crippen LogP contribution in [0, 0.1) is 24.7 Å². The van der Waals surface area contributed by atoms with E-state index in [1.807, 2.05) is 31.2 Å². The van der Waals surface area contributed by atoms with Gasteiger partial charge in [0.25, 0.3) is 0 Å². The van der Waals surface area contributed by atoms with E-state index in [-0.39, 0.29) is 29.9 Å². The summed E-state index contributed by atoms with van der Waals surface area (Å²) in [5.74, 6) is 0.525. The molecule has 0 amide bonds. The van der Waals surface area contributed by atoms with E-state index in [4.69, 9.17) is 14.2 Å². The molecule has 0 aromatic heterocycles. The molecule has 0 bridgehead atoms. The van der Waals surface area contributed by atoms with Crippen molar-refractivity contribution in [1.29, 1.82) is 0 Å². The van der Waals surface area contributed by atoms with Gasteiger partial charge < -0.3 is 14.2 Å². The number of benzene rings is 3. The Balaban J connectivity index is 1.19. The van der Waals surface area contributed by atoms with E-state index < -0.39 is 5.97 Å². The predicted molar refractivity (Wildman–Crippen MR) is 149 cm³/mol. The fourth-order valence-corrected chi connectivity index (χ4v) is 5.64. The fraction of sp³-hybridized carbons (Fsp3) is 0.424. The third-order valence-corrected chi connectivity index (χ3v) is 8.18. The van der Waals surface area contributed by atoms with Gasteiger partial charge >= 0.3 is 17.9 Å². The Labute approximate surface area is 229 Å². The molecule has 5 rings (SSSR count). The molecule has 0 atom stereocenters. The Hall–Kier alpha value is -3.67. The Morgan fingerprint density at radius 2 is 1.18 bits per heavy atom. The Morgan fingerprint density at radius 3 is 1.79 bits per heavy atom. The second kappa shape index (κ2) is 12.0. The van der Waals surface area contributed by atoms with Crippen molar-refractivity contribution in [1.82, 2.24) is 0 Å². The fourth-order valence-electron chi connectivity index (χ4n) is 5.64. The number of hydrogen-bond acceptors (Lipinski definition) is 6. The molecule has 0 heterocycles. The van der Waals surface area contributed by atoms with E-state index in [0.717, 1.165) is 31.2 Å². The Kier molecular flexibility index (Phi) is 8.30. The zero-order chi connectivity index (χ0) is 27.4. The van der Waals surface area contributed by atoms with Crippen LogP contribution in [0.25, 0.3) is 10.8 Å². The first-order valence-corrected chi connectivity index (χ1v) is 14.1. The molecule has 0 N–H and O–H groups in total. The van der Waals surface area contributed by atoms with Crippen molar-refractivity contribution in [2.24, 2.45) is 17.8 Å². The van der Waals surface area contributed by atoms with Crippen LogP contribution >= 0.6 is 0 Å². The van der Waals surface area contributed by atoms with Gasteiger partial charge in [-0.05, 0) is 88.5 Å². The van der Waals surface area contributed by atoms with Gasteiger partial charge in [-0.2, -0.15) is 0 Å². The van der Waals surface area contributed by atoms with Crippen LogP contribution in [0.1, 0.15) is 74.2 Å². The van der Waals surface area contributed by atoms with Gasteiger partial charge in [-0.1, -0.05) is 48.9 Å². The van der Waals surface area contributed by atoms with Crippen molar-refractivity contribution in [2.75, 3.05) is 0 Å². The first kappa shape index (κ1) is 26.9. The SMILES string of the molecule is Cc1ccc(C(=O)Oc2cccc3c(OC(=O)C4CCC(OC(=O)C5CCC(C)CC5)CC4)cccc23)cc1. The van der Waals surface area contributed by atoms with Gasteiger partial charge in [0, 0.05) is 10.8 Å². The Bertz CT molecular complexity index is 1330. The average molecular weight is 529 g/mol. The maximum Gasteiger partial charge on any atom is 0.343 e. The summed E-state index contributed by atoms with van der Waals surface area (Å²) in [6.45, 7) is 4.20. The lowest BCUT2D eigenvalue weighted by Gasteiger charge is -2.30. The molecule has 3 aromatic rings. The summed E-state index contributed by atoms with van der Waals surface area (Å²) < 4.78 is 17.4. The van der Waals surface area contributed by atoms with Gasteiger partial charge in [0.2, 0.25) is 0 Å². The van der Waals surface area contributed by atoms with E-state index in [2.05, 4.69) is 6.92 Å². The molecule has 0 radical (unpaired) electrons. The highest BCUT2D eigenvalue weighted by molar-refractivity contribution is 5.98. The zero-order valence-electron chi connectivity index (χ0n) is 22.7. The highest BCUT2D eigenvalue weighted by atomic mass is 16.5. The van der Waals surface area contributed by atoms with Gasteiger partial charge in [0.15, 0.2) is 0 Å². The third-order valence-electron chi connectivity index (χ3n) is 8.18. The van der Waals surface area contributed by atoms with Crippen molar-refractivity contribution in [3.8, 4) is 11.5 Å². The predicted octanol–water partition coefficient (Wildman–Crippen LogP) is 7.20. The normalized spacial score (nSPS) is 23.1. The van der Waals surface area contributed by atoms with Crippen LogP contribution in [0.4, 0.5) is 0 Å². The van der Waals surface area contributed by atoms with Gasteiger partial charge in [0.1, 0.15) is 17.6 Å². The number of rotatable bonds is 6. The molecule has 39 heavy (non-hydrogen) atoms. The molecule has 6 heteroatoms. The molecule has 2 saturated carbocycles. The molecule has 2 aliphatic rings. The van der Waals surface area contributed by atoms with Crippen LogP contribution in [0.2, 0.25) is 0 Å². The molecular weight excluding hydrogens is 492 g/mol. The lowest BCUT2D eigenvalue weighted by Crippen LogP contribution is -2.32. The molecular formula is C33H36O6. The molecule has 2 fully saturated rings. The van der Waals surface area contributed by atoms with Crippen molar-refractivity contribution in [3.05, 3.63) is 71.8 Å². The first-order valence-electron chi connectivity index (χ1n) is 14.1. The van der Waals surface area contributed by atoms with Crippen molar-refractivity contribution in [2.45, 2.75) is 71.3 Å². The van der Waals surface area contributed by atoms with Crippen molar-refractivity contribution >= 4 is 28.7 Å². The lowest BCUT2D eigenvalue weighted by atomic mass is 9.83. The number of hydrogen-bond donors (Lipinski definition) is 0. The number of aryl methyl sites for hydroxylation is 1. The summed E-state index contributed by atoms with van der Waals surface area (Å²) in [4.78, 5) is 38.4. The number of carbonyl (C=O) groups excluding carboxylic acids is 3.